The van der Waals surface area contributed by atoms with E-state index in [1.807, 2.05) is 13.0 Å². The van der Waals surface area contributed by atoms with Crippen molar-refractivity contribution >= 4 is 5.78 Å². The van der Waals surface area contributed by atoms with Gasteiger partial charge in [-0.05, 0) is 64.2 Å². The van der Waals surface area contributed by atoms with Crippen LogP contribution in [-0.2, 0) is 12.8 Å². The Kier molecular flexibility index (Phi) is 8.76. The van der Waals surface area contributed by atoms with Gasteiger partial charge in [-0.3, -0.25) is 4.79 Å². The number of phenols is 4. The molecule has 0 fully saturated rings. The van der Waals surface area contributed by atoms with Crippen molar-refractivity contribution in [2.24, 2.45) is 0 Å². The third-order valence-electron chi connectivity index (χ3n) is 5.27. The SMILES string of the molecule is COc1cc(O)c(C/C=C(\C)CCC=C(C)C)c(O)c1C(=O)CCc1ccc(O)c(O)c1. The second-order valence-corrected chi connectivity index (χ2v) is 8.12. The molecule has 0 bridgehead atoms. The fourth-order valence-electron chi connectivity index (χ4n) is 3.38. The summed E-state index contributed by atoms with van der Waals surface area (Å²) in [6.45, 7) is 6.10. The average molecular weight is 441 g/mol. The monoisotopic (exact) mass is 440 g/mol. The van der Waals surface area contributed by atoms with Crippen LogP contribution in [0.25, 0.3) is 0 Å². The average Bonchev–Trinajstić information content (AvgIpc) is 2.73. The number of methoxy groups -OCH3 is 1. The first-order chi connectivity index (χ1) is 15.1. The van der Waals surface area contributed by atoms with Crippen molar-refractivity contribution < 1.29 is 30.0 Å². The molecule has 0 atom stereocenters. The van der Waals surface area contributed by atoms with Crippen molar-refractivity contribution in [1.29, 1.82) is 0 Å². The van der Waals surface area contributed by atoms with Crippen molar-refractivity contribution in [1.82, 2.24) is 0 Å². The fraction of sp³-hybridized carbons (Fsp3) is 0.346. The maximum atomic E-state index is 12.9. The molecule has 0 saturated heterocycles. The van der Waals surface area contributed by atoms with E-state index in [-0.39, 0.29) is 58.5 Å². The van der Waals surface area contributed by atoms with Crippen LogP contribution in [0.1, 0.15) is 61.5 Å². The van der Waals surface area contributed by atoms with Crippen LogP contribution in [0.4, 0.5) is 0 Å². The molecule has 0 heterocycles. The van der Waals surface area contributed by atoms with E-state index in [0.29, 0.717) is 12.0 Å². The van der Waals surface area contributed by atoms with Gasteiger partial charge in [0.15, 0.2) is 17.3 Å². The number of aryl methyl sites for hydroxylation is 1. The van der Waals surface area contributed by atoms with Gasteiger partial charge in [-0.25, -0.2) is 0 Å². The number of ether oxygens (including phenoxy) is 1. The molecule has 0 unspecified atom stereocenters. The van der Waals surface area contributed by atoms with Gasteiger partial charge in [0.1, 0.15) is 22.8 Å². The summed E-state index contributed by atoms with van der Waals surface area (Å²) in [4.78, 5) is 12.9. The number of carbonyl (C=O) groups excluding carboxylic acids is 1. The largest absolute Gasteiger partial charge is 0.507 e. The molecule has 6 nitrogen and oxygen atoms in total. The Hall–Kier alpha value is -3.41. The van der Waals surface area contributed by atoms with Gasteiger partial charge in [-0.1, -0.05) is 29.4 Å². The standard InChI is InChI=1S/C26H32O6/c1-16(2)6-5-7-17(3)8-11-19-22(29)15-24(32-4)25(26(19)31)21(28)13-10-18-9-12-20(27)23(30)14-18/h6,8-9,12,14-15,27,29-31H,5,7,10-11,13H2,1-4H3/b17-8+. The lowest BCUT2D eigenvalue weighted by Gasteiger charge is -2.15. The summed E-state index contributed by atoms with van der Waals surface area (Å²) in [5, 5.41) is 40.3. The molecule has 0 aliphatic heterocycles. The predicted molar refractivity (Wildman–Crippen MR) is 125 cm³/mol. The smallest absolute Gasteiger partial charge is 0.170 e. The van der Waals surface area contributed by atoms with Gasteiger partial charge in [0.2, 0.25) is 0 Å². The lowest BCUT2D eigenvalue weighted by atomic mass is 9.96. The molecule has 0 spiro atoms. The van der Waals surface area contributed by atoms with Crippen LogP contribution < -0.4 is 4.74 Å². The molecule has 0 aliphatic carbocycles. The molecule has 0 aliphatic rings. The number of hydrogen-bond donors (Lipinski definition) is 4. The molecule has 2 rings (SSSR count). The Morgan fingerprint density at radius 2 is 1.66 bits per heavy atom. The highest BCUT2D eigenvalue weighted by Gasteiger charge is 2.23. The minimum absolute atomic E-state index is 0.0268. The lowest BCUT2D eigenvalue weighted by molar-refractivity contribution is 0.0977. The second-order valence-electron chi connectivity index (χ2n) is 8.12. The van der Waals surface area contributed by atoms with Crippen LogP contribution in [0.2, 0.25) is 0 Å². The van der Waals surface area contributed by atoms with E-state index in [9.17, 15) is 25.2 Å². The first-order valence-electron chi connectivity index (χ1n) is 10.6. The number of ketones is 1. The maximum Gasteiger partial charge on any atom is 0.170 e. The number of phenolic OH excluding ortho intramolecular Hbond substituents is 4. The van der Waals surface area contributed by atoms with Gasteiger partial charge in [-0.15, -0.1) is 0 Å². The van der Waals surface area contributed by atoms with E-state index in [1.54, 1.807) is 6.07 Å². The summed E-state index contributed by atoms with van der Waals surface area (Å²) in [7, 11) is 1.37. The Morgan fingerprint density at radius 1 is 0.938 bits per heavy atom. The zero-order valence-corrected chi connectivity index (χ0v) is 19.1. The molecule has 2 aromatic carbocycles. The van der Waals surface area contributed by atoms with Crippen molar-refractivity contribution in [3.63, 3.8) is 0 Å². The Balaban J connectivity index is 2.23. The molecule has 0 saturated carbocycles. The first kappa shape index (κ1) is 24.9. The molecule has 0 amide bonds. The van der Waals surface area contributed by atoms with E-state index < -0.39 is 0 Å². The molecule has 172 valence electrons. The van der Waals surface area contributed by atoms with Crippen LogP contribution in [0.5, 0.6) is 28.7 Å². The van der Waals surface area contributed by atoms with Crippen molar-refractivity contribution in [3.8, 4) is 28.7 Å². The van der Waals surface area contributed by atoms with Gasteiger partial charge < -0.3 is 25.2 Å². The van der Waals surface area contributed by atoms with Crippen molar-refractivity contribution in [2.75, 3.05) is 7.11 Å². The summed E-state index contributed by atoms with van der Waals surface area (Å²) in [5.74, 6) is -1.15. The van der Waals surface area contributed by atoms with Crippen LogP contribution in [-0.4, -0.2) is 33.3 Å². The molecule has 0 aromatic heterocycles. The highest BCUT2D eigenvalue weighted by atomic mass is 16.5. The summed E-state index contributed by atoms with van der Waals surface area (Å²) in [6, 6.07) is 5.72. The van der Waals surface area contributed by atoms with Crippen molar-refractivity contribution in [2.45, 2.75) is 52.9 Å². The third-order valence-corrected chi connectivity index (χ3v) is 5.27. The topological polar surface area (TPSA) is 107 Å². The Labute approximate surface area is 189 Å². The highest BCUT2D eigenvalue weighted by Crippen LogP contribution is 2.39. The molecule has 32 heavy (non-hydrogen) atoms. The van der Waals surface area contributed by atoms with E-state index in [0.717, 1.165) is 18.4 Å². The van der Waals surface area contributed by atoms with Crippen molar-refractivity contribution in [3.05, 3.63) is 64.3 Å². The highest BCUT2D eigenvalue weighted by molar-refractivity contribution is 6.02. The minimum atomic E-state index is -0.350. The number of Topliss-reactive ketones (excluding diaryl/α,β-unsaturated/α-hetero) is 1. The number of hydrogen-bond acceptors (Lipinski definition) is 6. The molecular weight excluding hydrogens is 408 g/mol. The van der Waals surface area contributed by atoms with E-state index >= 15 is 0 Å². The molecule has 4 N–H and O–H groups in total. The van der Waals surface area contributed by atoms with E-state index in [4.69, 9.17) is 4.74 Å². The Bertz CT molecular complexity index is 1030. The normalized spacial score (nSPS) is 11.3. The van der Waals surface area contributed by atoms with Crippen LogP contribution >= 0.6 is 0 Å². The number of aromatic hydroxyl groups is 4. The molecule has 0 radical (unpaired) electrons. The van der Waals surface area contributed by atoms with Gasteiger partial charge >= 0.3 is 0 Å². The summed E-state index contributed by atoms with van der Waals surface area (Å²) >= 11 is 0. The molecular formula is C26H32O6. The third kappa shape index (κ3) is 6.54. The minimum Gasteiger partial charge on any atom is -0.507 e. The van der Waals surface area contributed by atoms with Gasteiger partial charge in [0.25, 0.3) is 0 Å². The number of allylic oxidation sites excluding steroid dienone is 4. The van der Waals surface area contributed by atoms with E-state index in [2.05, 4.69) is 19.9 Å². The van der Waals surface area contributed by atoms with Crippen LogP contribution in [0, 0.1) is 0 Å². The zero-order valence-electron chi connectivity index (χ0n) is 19.1. The predicted octanol–water partition coefficient (Wildman–Crippen LogP) is 5.57. The zero-order chi connectivity index (χ0) is 23.8. The van der Waals surface area contributed by atoms with Gasteiger partial charge in [0.05, 0.1) is 7.11 Å². The number of carbonyl (C=O) groups is 1. The van der Waals surface area contributed by atoms with E-state index in [1.165, 1.54) is 30.9 Å². The maximum absolute atomic E-state index is 12.9. The molecule has 2 aromatic rings. The van der Waals surface area contributed by atoms with Gasteiger partial charge in [-0.2, -0.15) is 0 Å². The molecule has 6 heteroatoms. The number of benzene rings is 2. The summed E-state index contributed by atoms with van der Waals surface area (Å²) in [6.07, 6.45) is 6.52. The second kappa shape index (κ2) is 11.3. The van der Waals surface area contributed by atoms with Gasteiger partial charge in [0, 0.05) is 18.1 Å². The summed E-state index contributed by atoms with van der Waals surface area (Å²) in [5.41, 5.74) is 3.35. The first-order valence-corrected chi connectivity index (χ1v) is 10.6. The fourth-order valence-corrected chi connectivity index (χ4v) is 3.38. The number of rotatable bonds is 10. The van der Waals surface area contributed by atoms with Crippen LogP contribution in [0.15, 0.2) is 47.6 Å². The quantitative estimate of drug-likeness (QED) is 0.219. The Morgan fingerprint density at radius 3 is 2.28 bits per heavy atom. The lowest BCUT2D eigenvalue weighted by Crippen LogP contribution is -2.06. The summed E-state index contributed by atoms with van der Waals surface area (Å²) < 4.78 is 5.24. The van der Waals surface area contributed by atoms with Crippen LogP contribution in [0.3, 0.4) is 0 Å².